The molecule has 0 atom stereocenters. The molecule has 3 N–H and O–H groups in total. The molecule has 2 aromatic rings. The fraction of sp³-hybridized carbons (Fsp3) is 0.476. The number of halogens is 1. The highest BCUT2D eigenvalue weighted by Gasteiger charge is 2.13. The van der Waals surface area contributed by atoms with Crippen LogP contribution in [0.4, 0.5) is 0 Å². The van der Waals surface area contributed by atoms with Crippen molar-refractivity contribution in [2.75, 3.05) is 13.1 Å². The topological polar surface area (TPSA) is 91.5 Å². The number of carbonyl (C=O) groups excluding carboxylic acids is 1. The van der Waals surface area contributed by atoms with Gasteiger partial charge in [-0.05, 0) is 38.0 Å². The van der Waals surface area contributed by atoms with Crippen LogP contribution in [0.25, 0.3) is 0 Å². The molecule has 0 aliphatic heterocycles. The monoisotopic (exact) mass is 513 g/mol. The molecule has 1 heterocycles. The highest BCUT2D eigenvalue weighted by Crippen LogP contribution is 2.15. The third-order valence-electron chi connectivity index (χ3n) is 4.36. The van der Waals surface area contributed by atoms with Gasteiger partial charge in [0.25, 0.3) is 5.91 Å². The lowest BCUT2D eigenvalue weighted by Crippen LogP contribution is -2.37. The predicted octanol–water partition coefficient (Wildman–Crippen LogP) is 3.42. The summed E-state index contributed by atoms with van der Waals surface area (Å²) in [6, 6.07) is 7.52. The summed E-state index contributed by atoms with van der Waals surface area (Å²) in [7, 11) is 0. The number of amides is 1. The average Bonchev–Trinajstić information content (AvgIpc) is 3.12. The number of hydrogen-bond acceptors (Lipinski definition) is 4. The third kappa shape index (κ3) is 7.34. The van der Waals surface area contributed by atoms with Crippen molar-refractivity contribution in [3.05, 3.63) is 52.4 Å². The molecule has 0 saturated carbocycles. The lowest BCUT2D eigenvalue weighted by atomic mass is 10.1. The quantitative estimate of drug-likeness (QED) is 0.272. The Morgan fingerprint density at radius 3 is 2.28 bits per heavy atom. The van der Waals surface area contributed by atoms with E-state index < -0.39 is 0 Å². The Morgan fingerprint density at radius 1 is 1.00 bits per heavy atom. The van der Waals surface area contributed by atoms with Gasteiger partial charge >= 0.3 is 0 Å². The van der Waals surface area contributed by atoms with Crippen molar-refractivity contribution in [3.8, 4) is 0 Å². The van der Waals surface area contributed by atoms with E-state index >= 15 is 0 Å². The van der Waals surface area contributed by atoms with Crippen LogP contribution in [0, 0.1) is 0 Å². The molecule has 2 rings (SSSR count). The fourth-order valence-electron chi connectivity index (χ4n) is 2.85. The smallest absolute Gasteiger partial charge is 0.251 e. The number of hydrogen-bond donors (Lipinski definition) is 3. The molecule has 0 spiro atoms. The number of aromatic nitrogens is 1. The summed E-state index contributed by atoms with van der Waals surface area (Å²) in [4.78, 5) is 16.5. The van der Waals surface area contributed by atoms with Gasteiger partial charge in [-0.3, -0.25) is 4.79 Å². The number of nitrogens with zero attached hydrogens (tertiary/aromatic N) is 2. The Balaban J connectivity index is 0.00000420. The van der Waals surface area contributed by atoms with Crippen LogP contribution >= 0.6 is 24.0 Å². The number of guanidine groups is 1. The van der Waals surface area contributed by atoms with Gasteiger partial charge in [0, 0.05) is 37.2 Å². The molecule has 0 aliphatic rings. The predicted molar refractivity (Wildman–Crippen MR) is 127 cm³/mol. The number of nitrogens with one attached hydrogen (secondary N) is 3. The molecule has 0 aliphatic carbocycles. The van der Waals surface area contributed by atoms with Gasteiger partial charge in [-0.25, -0.2) is 4.99 Å². The van der Waals surface area contributed by atoms with E-state index in [1.165, 1.54) is 0 Å². The summed E-state index contributed by atoms with van der Waals surface area (Å²) in [5.41, 5.74) is 3.80. The zero-order valence-corrected chi connectivity index (χ0v) is 20.0. The molecule has 7 nitrogen and oxygen atoms in total. The summed E-state index contributed by atoms with van der Waals surface area (Å²) in [5.74, 6) is 1.60. The number of carbonyl (C=O) groups is 1. The van der Waals surface area contributed by atoms with Crippen LogP contribution in [-0.4, -0.2) is 30.1 Å². The first-order valence-corrected chi connectivity index (χ1v) is 9.98. The molecule has 1 amide bonds. The van der Waals surface area contributed by atoms with Gasteiger partial charge in [-0.1, -0.05) is 31.1 Å². The van der Waals surface area contributed by atoms with Gasteiger partial charge in [0.2, 0.25) is 0 Å². The van der Waals surface area contributed by atoms with Gasteiger partial charge < -0.3 is 20.5 Å². The van der Waals surface area contributed by atoms with Gasteiger partial charge in [-0.15, -0.1) is 24.0 Å². The van der Waals surface area contributed by atoms with E-state index in [2.05, 4.69) is 39.9 Å². The van der Waals surface area contributed by atoms with Gasteiger partial charge in [0.05, 0.1) is 12.2 Å². The summed E-state index contributed by atoms with van der Waals surface area (Å²) in [5, 5.41) is 13.6. The Bertz CT molecular complexity index is 765. The first kappa shape index (κ1) is 24.9. The van der Waals surface area contributed by atoms with Crippen molar-refractivity contribution in [1.82, 2.24) is 21.1 Å². The minimum Gasteiger partial charge on any atom is -0.361 e. The number of aliphatic imine (C=N–C) groups is 1. The maximum atomic E-state index is 11.8. The van der Waals surface area contributed by atoms with Crippen molar-refractivity contribution in [3.63, 3.8) is 0 Å². The average molecular weight is 513 g/mol. The second kappa shape index (κ2) is 13.2. The summed E-state index contributed by atoms with van der Waals surface area (Å²) in [6.45, 7) is 10.6. The van der Waals surface area contributed by atoms with E-state index in [4.69, 9.17) is 4.52 Å². The molecule has 1 aromatic heterocycles. The highest BCUT2D eigenvalue weighted by molar-refractivity contribution is 14.0. The highest BCUT2D eigenvalue weighted by atomic mass is 127. The third-order valence-corrected chi connectivity index (χ3v) is 4.36. The van der Waals surface area contributed by atoms with Crippen molar-refractivity contribution in [1.29, 1.82) is 0 Å². The lowest BCUT2D eigenvalue weighted by molar-refractivity contribution is 0.0956. The van der Waals surface area contributed by atoms with Gasteiger partial charge in [0.15, 0.2) is 5.96 Å². The minimum atomic E-state index is -0.0558. The molecular formula is C21H32IN5O2. The van der Waals surface area contributed by atoms with Gasteiger partial charge in [-0.2, -0.15) is 0 Å². The van der Waals surface area contributed by atoms with E-state index in [0.717, 1.165) is 47.9 Å². The van der Waals surface area contributed by atoms with Crippen molar-refractivity contribution < 1.29 is 9.32 Å². The van der Waals surface area contributed by atoms with Crippen LogP contribution < -0.4 is 16.0 Å². The number of benzene rings is 1. The summed E-state index contributed by atoms with van der Waals surface area (Å²) < 4.78 is 5.42. The number of aryl methyl sites for hydroxylation is 2. The van der Waals surface area contributed by atoms with Crippen molar-refractivity contribution in [2.24, 2.45) is 4.99 Å². The van der Waals surface area contributed by atoms with Crippen LogP contribution in [-0.2, 0) is 25.9 Å². The van der Waals surface area contributed by atoms with Crippen molar-refractivity contribution >= 4 is 35.8 Å². The first-order chi connectivity index (χ1) is 13.6. The summed E-state index contributed by atoms with van der Waals surface area (Å²) in [6.07, 6.45) is 1.65. The number of rotatable bonds is 9. The maximum absolute atomic E-state index is 11.8. The molecule has 160 valence electrons. The van der Waals surface area contributed by atoms with Crippen LogP contribution in [0.2, 0.25) is 0 Å². The van der Waals surface area contributed by atoms with Crippen LogP contribution in [0.1, 0.15) is 60.6 Å². The Labute approximate surface area is 190 Å². The van der Waals surface area contributed by atoms with E-state index in [9.17, 15) is 4.79 Å². The SMILES string of the molecule is CCNC(=O)c1ccc(CN=C(NCC)NCc2c(CC)noc2CC)cc1.I. The molecule has 0 unspecified atom stereocenters. The van der Waals surface area contributed by atoms with E-state index in [1.54, 1.807) is 0 Å². The zero-order chi connectivity index (χ0) is 20.4. The molecule has 0 saturated heterocycles. The zero-order valence-electron chi connectivity index (χ0n) is 17.7. The second-order valence-corrected chi connectivity index (χ2v) is 6.34. The molecule has 0 fully saturated rings. The molecular weight excluding hydrogens is 481 g/mol. The molecule has 0 bridgehead atoms. The Kier molecular flexibility index (Phi) is 11.3. The molecule has 1 aromatic carbocycles. The van der Waals surface area contributed by atoms with E-state index in [0.29, 0.717) is 25.2 Å². The van der Waals surface area contributed by atoms with Crippen LogP contribution in [0.5, 0.6) is 0 Å². The molecule has 8 heteroatoms. The lowest BCUT2D eigenvalue weighted by Gasteiger charge is -2.12. The first-order valence-electron chi connectivity index (χ1n) is 9.98. The van der Waals surface area contributed by atoms with E-state index in [-0.39, 0.29) is 29.9 Å². The second-order valence-electron chi connectivity index (χ2n) is 6.34. The van der Waals surface area contributed by atoms with Crippen LogP contribution in [0.15, 0.2) is 33.8 Å². The van der Waals surface area contributed by atoms with E-state index in [1.807, 2.05) is 38.1 Å². The molecule has 29 heavy (non-hydrogen) atoms. The Hall–Kier alpha value is -2.10. The standard InChI is InChI=1S/C21H31N5O2.HI/c1-5-18-17(19(6-2)28-26-18)14-25-21(23-8-4)24-13-15-9-11-16(12-10-15)20(27)22-7-3;/h9-12H,5-8,13-14H2,1-4H3,(H,22,27)(H2,23,24,25);1H. The van der Waals surface area contributed by atoms with Gasteiger partial charge in [0.1, 0.15) is 5.76 Å². The minimum absolute atomic E-state index is 0. The summed E-state index contributed by atoms with van der Waals surface area (Å²) >= 11 is 0. The van der Waals surface area contributed by atoms with Crippen LogP contribution in [0.3, 0.4) is 0 Å². The molecule has 0 radical (unpaired) electrons. The normalized spacial score (nSPS) is 11.0. The van der Waals surface area contributed by atoms with Crippen molar-refractivity contribution in [2.45, 2.75) is 53.6 Å². The Morgan fingerprint density at radius 2 is 1.69 bits per heavy atom. The maximum Gasteiger partial charge on any atom is 0.251 e. The fourth-order valence-corrected chi connectivity index (χ4v) is 2.85. The largest absolute Gasteiger partial charge is 0.361 e.